The molecule has 1 aliphatic rings. The molecule has 3 aromatic rings. The molecule has 0 saturated heterocycles. The minimum absolute atomic E-state index is 0.0761. The molecule has 1 saturated carbocycles. The first kappa shape index (κ1) is 22.3. The molecule has 0 unspecified atom stereocenters. The highest BCUT2D eigenvalue weighted by Gasteiger charge is 2.39. The normalized spacial score (nSPS) is 14.7. The molecule has 0 radical (unpaired) electrons. The fourth-order valence-electron chi connectivity index (χ4n) is 3.43. The maximum Gasteiger partial charge on any atom is 0.416 e. The van der Waals surface area contributed by atoms with Gasteiger partial charge in [0.25, 0.3) is 0 Å². The molecule has 1 aliphatic carbocycles. The molecule has 0 atom stereocenters. The molecule has 1 fully saturated rings. The van der Waals surface area contributed by atoms with Crippen LogP contribution in [0.15, 0.2) is 65.8 Å². The molecule has 1 aromatic heterocycles. The molecule has 4 rings (SSSR count). The van der Waals surface area contributed by atoms with E-state index in [-0.39, 0.29) is 24.0 Å². The Labute approximate surface area is 184 Å². The van der Waals surface area contributed by atoms with E-state index in [1.807, 2.05) is 0 Å². The Morgan fingerprint density at radius 3 is 2.31 bits per heavy atom. The maximum absolute atomic E-state index is 13.3. The molecular formula is C22H22F3N3O3S. The highest BCUT2D eigenvalue weighted by Crippen LogP contribution is 2.34. The second-order valence-electron chi connectivity index (χ2n) is 7.62. The minimum atomic E-state index is -4.39. The summed E-state index contributed by atoms with van der Waals surface area (Å²) in [5.41, 5.74) is -0.0502. The van der Waals surface area contributed by atoms with Gasteiger partial charge in [0.05, 0.1) is 24.1 Å². The Bertz CT molecular complexity index is 1170. The quantitative estimate of drug-likeness (QED) is 0.497. The Morgan fingerprint density at radius 1 is 1.09 bits per heavy atom. The third-order valence-electron chi connectivity index (χ3n) is 5.35. The second-order valence-corrected chi connectivity index (χ2v) is 9.51. The Kier molecular flexibility index (Phi) is 6.00. The summed E-state index contributed by atoms with van der Waals surface area (Å²) in [7, 11) is -2.24. The minimum Gasteiger partial charge on any atom is -0.497 e. The van der Waals surface area contributed by atoms with Crippen LogP contribution < -0.4 is 4.74 Å². The fraction of sp³-hybridized carbons (Fsp3) is 0.318. The summed E-state index contributed by atoms with van der Waals surface area (Å²) in [5.74, 6) is 1.09. The Balaban J connectivity index is 1.55. The van der Waals surface area contributed by atoms with Gasteiger partial charge in [0, 0.05) is 25.0 Å². The third kappa shape index (κ3) is 4.81. The lowest BCUT2D eigenvalue weighted by Gasteiger charge is -2.22. The number of hydrogen-bond donors (Lipinski definition) is 0. The van der Waals surface area contributed by atoms with Crippen LogP contribution in [-0.4, -0.2) is 35.4 Å². The summed E-state index contributed by atoms with van der Waals surface area (Å²) in [5, 5.41) is 0. The van der Waals surface area contributed by atoms with Crippen molar-refractivity contribution < 1.29 is 26.3 Å². The Hall–Kier alpha value is -2.85. The van der Waals surface area contributed by atoms with Gasteiger partial charge >= 0.3 is 6.18 Å². The standard InChI is InChI=1S/C22H22F3N3O3S/c1-31-19-8-10-20(11-9-19)32(29,30)28(18-6-7-18)15-21-26-12-13-27(21)14-16-2-4-17(5-3-16)22(23,24)25/h2-5,8-13,18H,6-7,14-15H2,1H3. The molecule has 10 heteroatoms. The van der Waals surface area contributed by atoms with Gasteiger partial charge in [-0.2, -0.15) is 17.5 Å². The predicted molar refractivity (Wildman–Crippen MR) is 112 cm³/mol. The molecule has 0 bridgehead atoms. The first-order valence-corrected chi connectivity index (χ1v) is 11.4. The van der Waals surface area contributed by atoms with E-state index >= 15 is 0 Å². The molecule has 1 heterocycles. The number of halogens is 3. The monoisotopic (exact) mass is 465 g/mol. The number of sulfonamides is 1. The van der Waals surface area contributed by atoms with Gasteiger partial charge < -0.3 is 9.30 Å². The van der Waals surface area contributed by atoms with Gasteiger partial charge in [-0.25, -0.2) is 13.4 Å². The predicted octanol–water partition coefficient (Wildman–Crippen LogP) is 4.31. The SMILES string of the molecule is COc1ccc(S(=O)(=O)N(Cc2nccn2Cc2ccc(C(F)(F)F)cc2)C2CC2)cc1. The van der Waals surface area contributed by atoms with Crippen molar-refractivity contribution in [1.29, 1.82) is 0 Å². The molecule has 0 spiro atoms. The van der Waals surface area contributed by atoms with Crippen molar-refractivity contribution in [3.05, 3.63) is 77.9 Å². The Morgan fingerprint density at radius 2 is 1.75 bits per heavy atom. The first-order chi connectivity index (χ1) is 15.2. The molecular weight excluding hydrogens is 443 g/mol. The van der Waals surface area contributed by atoms with Gasteiger partial charge in [-0.1, -0.05) is 12.1 Å². The molecule has 32 heavy (non-hydrogen) atoms. The lowest BCUT2D eigenvalue weighted by Crippen LogP contribution is -2.33. The number of aromatic nitrogens is 2. The number of alkyl halides is 3. The van der Waals surface area contributed by atoms with Crippen molar-refractivity contribution in [3.8, 4) is 5.75 Å². The zero-order chi connectivity index (χ0) is 22.9. The van der Waals surface area contributed by atoms with Crippen molar-refractivity contribution in [1.82, 2.24) is 13.9 Å². The van der Waals surface area contributed by atoms with E-state index in [9.17, 15) is 21.6 Å². The second kappa shape index (κ2) is 8.59. The average molecular weight is 465 g/mol. The number of hydrogen-bond acceptors (Lipinski definition) is 4. The molecule has 2 aromatic carbocycles. The van der Waals surface area contributed by atoms with Crippen LogP contribution in [-0.2, 0) is 29.3 Å². The number of imidazole rings is 1. The van der Waals surface area contributed by atoms with Crippen molar-refractivity contribution in [2.45, 2.75) is 43.0 Å². The zero-order valence-electron chi connectivity index (χ0n) is 17.3. The number of ether oxygens (including phenoxy) is 1. The van der Waals surface area contributed by atoms with E-state index in [4.69, 9.17) is 4.74 Å². The van der Waals surface area contributed by atoms with E-state index in [1.54, 1.807) is 29.1 Å². The molecule has 0 amide bonds. The summed E-state index contributed by atoms with van der Waals surface area (Å²) < 4.78 is 73.2. The first-order valence-electron chi connectivity index (χ1n) is 10.0. The van der Waals surface area contributed by atoms with Gasteiger partial charge in [-0.3, -0.25) is 0 Å². The van der Waals surface area contributed by atoms with Crippen LogP contribution in [0, 0.1) is 0 Å². The number of methoxy groups -OCH3 is 1. The van der Waals surface area contributed by atoms with Gasteiger partial charge in [0.1, 0.15) is 11.6 Å². The molecule has 6 nitrogen and oxygen atoms in total. The maximum atomic E-state index is 13.3. The van der Waals surface area contributed by atoms with E-state index in [2.05, 4.69) is 4.98 Å². The number of benzene rings is 2. The number of nitrogens with zero attached hydrogens (tertiary/aromatic N) is 3. The van der Waals surface area contributed by atoms with Crippen molar-refractivity contribution in [2.75, 3.05) is 7.11 Å². The average Bonchev–Trinajstić information content (AvgIpc) is 3.51. The van der Waals surface area contributed by atoms with Crippen LogP contribution in [0.2, 0.25) is 0 Å². The van der Waals surface area contributed by atoms with Crippen molar-refractivity contribution >= 4 is 10.0 Å². The van der Waals surface area contributed by atoms with E-state index < -0.39 is 21.8 Å². The molecule has 0 aliphatic heterocycles. The highest BCUT2D eigenvalue weighted by molar-refractivity contribution is 7.89. The van der Waals surface area contributed by atoms with Gasteiger partial charge in [0.2, 0.25) is 10.0 Å². The topological polar surface area (TPSA) is 64.4 Å². The summed E-state index contributed by atoms with van der Waals surface area (Å²) in [6.07, 6.45) is 0.409. The van der Waals surface area contributed by atoms with Crippen LogP contribution in [0.25, 0.3) is 0 Å². The van der Waals surface area contributed by atoms with Crippen LogP contribution in [0.5, 0.6) is 5.75 Å². The summed E-state index contributed by atoms with van der Waals surface area (Å²) >= 11 is 0. The molecule has 0 N–H and O–H groups in total. The van der Waals surface area contributed by atoms with E-state index in [0.29, 0.717) is 17.1 Å². The smallest absolute Gasteiger partial charge is 0.416 e. The molecule has 170 valence electrons. The van der Waals surface area contributed by atoms with Gasteiger partial charge in [-0.15, -0.1) is 0 Å². The lowest BCUT2D eigenvalue weighted by atomic mass is 10.1. The zero-order valence-corrected chi connectivity index (χ0v) is 18.1. The van der Waals surface area contributed by atoms with Crippen LogP contribution in [0.4, 0.5) is 13.2 Å². The fourth-order valence-corrected chi connectivity index (χ4v) is 5.07. The van der Waals surface area contributed by atoms with Crippen LogP contribution >= 0.6 is 0 Å². The van der Waals surface area contributed by atoms with Gasteiger partial charge in [0.15, 0.2) is 0 Å². The van der Waals surface area contributed by atoms with E-state index in [0.717, 1.165) is 25.0 Å². The van der Waals surface area contributed by atoms with Gasteiger partial charge in [-0.05, 0) is 54.8 Å². The highest BCUT2D eigenvalue weighted by atomic mass is 32.2. The largest absolute Gasteiger partial charge is 0.497 e. The summed E-state index contributed by atoms with van der Waals surface area (Å²) in [6.45, 7) is 0.362. The van der Waals surface area contributed by atoms with Crippen LogP contribution in [0.1, 0.15) is 29.8 Å². The third-order valence-corrected chi connectivity index (χ3v) is 7.27. The summed E-state index contributed by atoms with van der Waals surface area (Å²) in [4.78, 5) is 4.48. The van der Waals surface area contributed by atoms with Crippen molar-refractivity contribution in [2.24, 2.45) is 0 Å². The lowest BCUT2D eigenvalue weighted by molar-refractivity contribution is -0.137. The van der Waals surface area contributed by atoms with Crippen molar-refractivity contribution in [3.63, 3.8) is 0 Å². The summed E-state index contributed by atoms with van der Waals surface area (Å²) in [6, 6.07) is 11.0. The van der Waals surface area contributed by atoms with Crippen LogP contribution in [0.3, 0.4) is 0 Å². The number of rotatable bonds is 8. The van der Waals surface area contributed by atoms with E-state index in [1.165, 1.54) is 35.7 Å².